The number of nitrogens with zero attached hydrogens (tertiary/aromatic N) is 1. The summed E-state index contributed by atoms with van der Waals surface area (Å²) in [7, 11) is 1.74. The first-order valence-corrected chi connectivity index (χ1v) is 6.39. The van der Waals surface area contributed by atoms with Crippen LogP contribution in [0.2, 0.25) is 0 Å². The molecule has 5 heteroatoms. The molecule has 19 heavy (non-hydrogen) atoms. The lowest BCUT2D eigenvalue weighted by atomic mass is 9.64. The van der Waals surface area contributed by atoms with Gasteiger partial charge in [0.05, 0.1) is 17.4 Å². The van der Waals surface area contributed by atoms with Gasteiger partial charge in [-0.1, -0.05) is 13.8 Å². The molecule has 0 radical (unpaired) electrons. The Morgan fingerprint density at radius 3 is 2.79 bits per heavy atom. The normalized spacial score (nSPS) is 24.8. The van der Waals surface area contributed by atoms with E-state index in [9.17, 15) is 4.79 Å². The molecule has 0 aliphatic heterocycles. The molecule has 2 unspecified atom stereocenters. The minimum atomic E-state index is -0.949. The van der Waals surface area contributed by atoms with Crippen molar-refractivity contribution < 1.29 is 14.6 Å². The Kier molecular flexibility index (Phi) is 3.87. The van der Waals surface area contributed by atoms with Crippen molar-refractivity contribution in [1.29, 1.82) is 0 Å². The molecule has 2 atom stereocenters. The zero-order valence-electron chi connectivity index (χ0n) is 11.5. The number of hydrogen-bond donors (Lipinski definition) is 2. The van der Waals surface area contributed by atoms with Crippen molar-refractivity contribution >= 4 is 5.97 Å². The molecule has 104 valence electrons. The number of rotatable bonds is 5. The number of ether oxygens (including phenoxy) is 1. The van der Waals surface area contributed by atoms with Crippen LogP contribution in [-0.4, -0.2) is 35.3 Å². The van der Waals surface area contributed by atoms with Gasteiger partial charge in [0.1, 0.15) is 0 Å². The number of aromatic nitrogens is 1. The lowest BCUT2D eigenvalue weighted by molar-refractivity contribution is -0.0979. The summed E-state index contributed by atoms with van der Waals surface area (Å²) in [5.74, 6) is -0.949. The van der Waals surface area contributed by atoms with Crippen LogP contribution in [0, 0.1) is 5.41 Å². The summed E-state index contributed by atoms with van der Waals surface area (Å²) in [4.78, 5) is 14.9. The van der Waals surface area contributed by atoms with Crippen LogP contribution in [0.5, 0.6) is 0 Å². The third kappa shape index (κ3) is 2.77. The van der Waals surface area contributed by atoms with Crippen molar-refractivity contribution in [1.82, 2.24) is 10.3 Å². The van der Waals surface area contributed by atoms with E-state index in [0.29, 0.717) is 18.7 Å². The number of carboxylic acid groups (broad SMARTS) is 1. The predicted molar refractivity (Wildman–Crippen MR) is 71.0 cm³/mol. The molecule has 1 saturated carbocycles. The van der Waals surface area contributed by atoms with Gasteiger partial charge in [0.25, 0.3) is 0 Å². The molecule has 0 spiro atoms. The topological polar surface area (TPSA) is 71.5 Å². The van der Waals surface area contributed by atoms with E-state index in [1.807, 2.05) is 0 Å². The molecule has 1 aromatic heterocycles. The first kappa shape index (κ1) is 14.0. The number of nitrogens with one attached hydrogen (secondary N) is 1. The van der Waals surface area contributed by atoms with E-state index >= 15 is 0 Å². The molecular formula is C14H20N2O3. The van der Waals surface area contributed by atoms with Gasteiger partial charge in [0.15, 0.2) is 0 Å². The molecule has 1 aromatic rings. The third-order valence-electron chi connectivity index (χ3n) is 4.06. The van der Waals surface area contributed by atoms with E-state index in [4.69, 9.17) is 9.84 Å². The summed E-state index contributed by atoms with van der Waals surface area (Å²) in [6.45, 7) is 5.01. The van der Waals surface area contributed by atoms with E-state index < -0.39 is 5.97 Å². The first-order chi connectivity index (χ1) is 8.95. The van der Waals surface area contributed by atoms with Crippen LogP contribution in [0.3, 0.4) is 0 Å². The number of methoxy groups -OCH3 is 1. The van der Waals surface area contributed by atoms with Gasteiger partial charge in [0.2, 0.25) is 0 Å². The largest absolute Gasteiger partial charge is 0.478 e. The molecule has 0 aromatic carbocycles. The van der Waals surface area contributed by atoms with E-state index in [0.717, 1.165) is 12.1 Å². The molecule has 5 nitrogen and oxygen atoms in total. The monoisotopic (exact) mass is 264 g/mol. The minimum Gasteiger partial charge on any atom is -0.478 e. The summed E-state index contributed by atoms with van der Waals surface area (Å²) in [5.41, 5.74) is 1.18. The molecule has 2 N–H and O–H groups in total. The van der Waals surface area contributed by atoms with Crippen molar-refractivity contribution in [2.75, 3.05) is 7.11 Å². The molecule has 0 saturated heterocycles. The van der Waals surface area contributed by atoms with Gasteiger partial charge in [0, 0.05) is 31.3 Å². The van der Waals surface area contributed by atoms with Crippen LogP contribution in [0.1, 0.15) is 36.3 Å². The highest BCUT2D eigenvalue weighted by molar-refractivity contribution is 5.87. The summed E-state index contributed by atoms with van der Waals surface area (Å²) >= 11 is 0. The van der Waals surface area contributed by atoms with Gasteiger partial charge in [-0.3, -0.25) is 4.98 Å². The lowest BCUT2D eigenvalue weighted by Crippen LogP contribution is -2.60. The van der Waals surface area contributed by atoms with Crippen LogP contribution in [0.4, 0.5) is 0 Å². The number of aromatic carboxylic acids is 1. The van der Waals surface area contributed by atoms with Gasteiger partial charge in [-0.25, -0.2) is 4.79 Å². The average molecular weight is 264 g/mol. The number of carbonyl (C=O) groups is 1. The van der Waals surface area contributed by atoms with E-state index in [1.54, 1.807) is 19.2 Å². The summed E-state index contributed by atoms with van der Waals surface area (Å²) < 4.78 is 5.40. The van der Waals surface area contributed by atoms with Crippen molar-refractivity contribution in [2.45, 2.75) is 39.0 Å². The second kappa shape index (κ2) is 5.27. The second-order valence-electron chi connectivity index (χ2n) is 5.56. The molecule has 2 rings (SSSR count). The van der Waals surface area contributed by atoms with Crippen LogP contribution < -0.4 is 5.32 Å². The molecule has 1 heterocycles. The minimum absolute atomic E-state index is 0.121. The number of carboxylic acids is 1. The molecule has 0 bridgehead atoms. The molecule has 1 fully saturated rings. The summed E-state index contributed by atoms with van der Waals surface area (Å²) in [6, 6.07) is 3.73. The highest BCUT2D eigenvalue weighted by atomic mass is 16.5. The van der Waals surface area contributed by atoms with Crippen LogP contribution >= 0.6 is 0 Å². The number of pyridine rings is 1. The molecule has 1 aliphatic carbocycles. The van der Waals surface area contributed by atoms with Crippen molar-refractivity contribution in [2.24, 2.45) is 5.41 Å². The van der Waals surface area contributed by atoms with E-state index in [2.05, 4.69) is 24.1 Å². The quantitative estimate of drug-likeness (QED) is 0.846. The van der Waals surface area contributed by atoms with Crippen molar-refractivity contribution in [3.05, 3.63) is 29.6 Å². The Bertz CT molecular complexity index is 456. The maximum Gasteiger partial charge on any atom is 0.337 e. The predicted octanol–water partition coefficient (Wildman–Crippen LogP) is 1.68. The van der Waals surface area contributed by atoms with Crippen molar-refractivity contribution in [3.8, 4) is 0 Å². The van der Waals surface area contributed by atoms with Gasteiger partial charge >= 0.3 is 5.97 Å². The van der Waals surface area contributed by atoms with E-state index in [-0.39, 0.29) is 11.0 Å². The highest BCUT2D eigenvalue weighted by Gasteiger charge is 2.48. The third-order valence-corrected chi connectivity index (χ3v) is 4.06. The standard InChI is InChI=1S/C14H20N2O3/c1-14(2)11(6-12(14)19-3)16-8-10-5-4-9(7-15-10)13(17)18/h4-5,7,11-12,16H,6,8H2,1-3H3,(H,17,18). The lowest BCUT2D eigenvalue weighted by Gasteiger charge is -2.51. The summed E-state index contributed by atoms with van der Waals surface area (Å²) in [5, 5.41) is 12.2. The Balaban J connectivity index is 1.88. The highest BCUT2D eigenvalue weighted by Crippen LogP contribution is 2.42. The van der Waals surface area contributed by atoms with Crippen LogP contribution in [-0.2, 0) is 11.3 Å². The fourth-order valence-electron chi connectivity index (χ4n) is 2.52. The van der Waals surface area contributed by atoms with Crippen molar-refractivity contribution in [3.63, 3.8) is 0 Å². The van der Waals surface area contributed by atoms with Crippen LogP contribution in [0.25, 0.3) is 0 Å². The zero-order valence-corrected chi connectivity index (χ0v) is 11.5. The first-order valence-electron chi connectivity index (χ1n) is 6.39. The Hall–Kier alpha value is -1.46. The van der Waals surface area contributed by atoms with Gasteiger partial charge < -0.3 is 15.2 Å². The molecular weight excluding hydrogens is 244 g/mol. The maximum absolute atomic E-state index is 10.7. The van der Waals surface area contributed by atoms with Gasteiger partial charge in [-0.2, -0.15) is 0 Å². The fraction of sp³-hybridized carbons (Fsp3) is 0.571. The Morgan fingerprint density at radius 2 is 2.32 bits per heavy atom. The Labute approximate surface area is 113 Å². The van der Waals surface area contributed by atoms with Crippen LogP contribution in [0.15, 0.2) is 18.3 Å². The SMILES string of the molecule is COC1CC(NCc2ccc(C(=O)O)cn2)C1(C)C. The van der Waals surface area contributed by atoms with E-state index in [1.165, 1.54) is 6.20 Å². The summed E-state index contributed by atoms with van der Waals surface area (Å²) in [6.07, 6.45) is 2.69. The fourth-order valence-corrected chi connectivity index (χ4v) is 2.52. The molecule has 0 amide bonds. The van der Waals surface area contributed by atoms with Gasteiger partial charge in [-0.15, -0.1) is 0 Å². The smallest absolute Gasteiger partial charge is 0.337 e. The molecule has 1 aliphatic rings. The Morgan fingerprint density at radius 1 is 1.58 bits per heavy atom. The second-order valence-corrected chi connectivity index (χ2v) is 5.56. The van der Waals surface area contributed by atoms with Gasteiger partial charge in [-0.05, 0) is 18.6 Å². The maximum atomic E-state index is 10.7. The number of hydrogen-bond acceptors (Lipinski definition) is 4. The average Bonchev–Trinajstić information content (AvgIpc) is 2.38. The zero-order chi connectivity index (χ0) is 14.0.